The Hall–Kier alpha value is -2.57. The van der Waals surface area contributed by atoms with Gasteiger partial charge in [0.1, 0.15) is 6.07 Å². The first-order valence-corrected chi connectivity index (χ1v) is 8.85. The molecule has 9 heteroatoms. The Kier molecular flexibility index (Phi) is 3.71. The molecular weight excluding hydrogens is 336 g/mol. The number of sulfonamides is 1. The van der Waals surface area contributed by atoms with Crippen molar-refractivity contribution in [3.8, 4) is 11.3 Å². The molecule has 7 nitrogen and oxygen atoms in total. The summed E-state index contributed by atoms with van der Waals surface area (Å²) in [6.07, 6.45) is 1.56. The third kappa shape index (κ3) is 2.62. The second kappa shape index (κ2) is 5.57. The Bertz CT molecular complexity index is 1030. The minimum atomic E-state index is -3.84. The van der Waals surface area contributed by atoms with E-state index < -0.39 is 10.0 Å². The van der Waals surface area contributed by atoms with E-state index in [1.165, 1.54) is 12.5 Å². The van der Waals surface area contributed by atoms with Crippen LogP contribution in [0.3, 0.4) is 0 Å². The van der Waals surface area contributed by atoms with Gasteiger partial charge >= 0.3 is 0 Å². The molecule has 2 heterocycles. The van der Waals surface area contributed by atoms with Crippen LogP contribution >= 0.6 is 11.3 Å². The Morgan fingerprint density at radius 2 is 2.22 bits per heavy atom. The summed E-state index contributed by atoms with van der Waals surface area (Å²) in [5.41, 5.74) is 2.27. The van der Waals surface area contributed by atoms with Crippen LogP contribution in [0, 0.1) is 18.3 Å². The molecule has 118 valence electrons. The minimum Gasteiger partial charge on any atom is -0.473 e. The largest absolute Gasteiger partial charge is 0.473 e. The van der Waals surface area contributed by atoms with Gasteiger partial charge in [-0.1, -0.05) is 17.4 Å². The topological polar surface area (TPSA) is 108 Å². The number of nitrogens with one attached hydrogen (secondary N) is 2. The van der Waals surface area contributed by atoms with Gasteiger partial charge in [-0.3, -0.25) is 4.72 Å². The fourth-order valence-electron chi connectivity index (χ4n) is 2.25. The lowest BCUT2D eigenvalue weighted by atomic mass is 10.1. The zero-order valence-electron chi connectivity index (χ0n) is 12.2. The number of nitriles is 1. The number of aromatic nitrogens is 2. The Labute approximate surface area is 136 Å². The predicted octanol–water partition coefficient (Wildman–Crippen LogP) is 2.61. The number of hydrogen-bond donors (Lipinski definition) is 2. The van der Waals surface area contributed by atoms with Crippen LogP contribution in [0.1, 0.15) is 11.1 Å². The first-order valence-electron chi connectivity index (χ1n) is 6.49. The van der Waals surface area contributed by atoms with Gasteiger partial charge in [-0.15, -0.1) is 0 Å². The van der Waals surface area contributed by atoms with Crippen LogP contribution in [0.25, 0.3) is 10.9 Å². The van der Waals surface area contributed by atoms with Gasteiger partial charge in [-0.2, -0.15) is 18.7 Å². The number of anilines is 1. The third-order valence-electron chi connectivity index (χ3n) is 3.32. The maximum Gasteiger partial charge on any atom is 0.280 e. The van der Waals surface area contributed by atoms with Crippen LogP contribution in [0.2, 0.25) is 0 Å². The molecule has 2 N–H and O–H groups in total. The number of benzene rings is 1. The fraction of sp³-hybridized carbons (Fsp3) is 0.143. The SMILES string of the molecule is COc1nc(S(=O)(=O)Nc2ccc(C)c3c(C#N)c[nH]c23)cs1. The van der Waals surface area contributed by atoms with Crippen molar-refractivity contribution in [2.75, 3.05) is 11.8 Å². The molecule has 0 spiro atoms. The summed E-state index contributed by atoms with van der Waals surface area (Å²) >= 11 is 1.10. The van der Waals surface area contributed by atoms with Crippen molar-refractivity contribution in [2.24, 2.45) is 0 Å². The maximum atomic E-state index is 12.4. The number of rotatable bonds is 4. The van der Waals surface area contributed by atoms with Crippen LogP contribution in [0.15, 0.2) is 28.7 Å². The molecule has 23 heavy (non-hydrogen) atoms. The number of H-pyrrole nitrogens is 1. The first-order chi connectivity index (χ1) is 11.0. The van der Waals surface area contributed by atoms with E-state index in [2.05, 4.69) is 20.8 Å². The van der Waals surface area contributed by atoms with E-state index in [4.69, 9.17) is 10.00 Å². The number of hydrogen-bond acceptors (Lipinski definition) is 6. The standard InChI is InChI=1S/C14H12N4O3S2/c1-8-3-4-10(13-12(8)9(5-15)6-16-13)18-23(19,20)11-7-22-14(17-11)21-2/h3-4,6-7,16,18H,1-2H3. The molecule has 2 aromatic heterocycles. The van der Waals surface area contributed by atoms with Crippen molar-refractivity contribution in [3.05, 3.63) is 34.8 Å². The molecule has 0 saturated carbocycles. The van der Waals surface area contributed by atoms with Crippen molar-refractivity contribution >= 4 is 38.0 Å². The summed E-state index contributed by atoms with van der Waals surface area (Å²) in [4.78, 5) is 6.85. The average Bonchev–Trinajstić information content (AvgIpc) is 3.16. The van der Waals surface area contributed by atoms with E-state index >= 15 is 0 Å². The van der Waals surface area contributed by atoms with Gasteiger partial charge in [0.2, 0.25) is 0 Å². The Morgan fingerprint density at radius 1 is 1.43 bits per heavy atom. The van der Waals surface area contributed by atoms with Crippen molar-refractivity contribution < 1.29 is 13.2 Å². The summed E-state index contributed by atoms with van der Waals surface area (Å²) in [7, 11) is -2.41. The first kappa shape index (κ1) is 15.3. The molecular formula is C14H12N4O3S2. The average molecular weight is 348 g/mol. The molecule has 0 unspecified atom stereocenters. The molecule has 0 aliphatic carbocycles. The zero-order valence-corrected chi connectivity index (χ0v) is 13.9. The van der Waals surface area contributed by atoms with Gasteiger partial charge in [-0.05, 0) is 18.6 Å². The van der Waals surface area contributed by atoms with Crippen molar-refractivity contribution in [1.82, 2.24) is 9.97 Å². The number of thiazole rings is 1. The van der Waals surface area contributed by atoms with E-state index in [1.807, 2.05) is 6.92 Å². The van der Waals surface area contributed by atoms with Crippen molar-refractivity contribution in [2.45, 2.75) is 11.9 Å². The number of ether oxygens (including phenoxy) is 1. The number of aryl methyl sites for hydroxylation is 1. The van der Waals surface area contributed by atoms with Crippen LogP contribution in [0.5, 0.6) is 5.19 Å². The lowest BCUT2D eigenvalue weighted by molar-refractivity contribution is 0.409. The highest BCUT2D eigenvalue weighted by Crippen LogP contribution is 2.30. The zero-order chi connectivity index (χ0) is 16.6. The number of nitrogens with zero attached hydrogens (tertiary/aromatic N) is 2. The van der Waals surface area contributed by atoms with E-state index in [-0.39, 0.29) is 10.2 Å². The highest BCUT2D eigenvalue weighted by Gasteiger charge is 2.21. The van der Waals surface area contributed by atoms with Crippen LogP contribution < -0.4 is 9.46 Å². The van der Waals surface area contributed by atoms with Crippen LogP contribution in [-0.4, -0.2) is 25.5 Å². The smallest absolute Gasteiger partial charge is 0.280 e. The fourth-order valence-corrected chi connectivity index (χ4v) is 4.23. The molecule has 0 saturated heterocycles. The lowest BCUT2D eigenvalue weighted by Gasteiger charge is -2.08. The highest BCUT2D eigenvalue weighted by molar-refractivity contribution is 7.92. The quantitative estimate of drug-likeness (QED) is 0.753. The number of methoxy groups -OCH3 is 1. The normalized spacial score (nSPS) is 11.3. The van der Waals surface area contributed by atoms with Crippen molar-refractivity contribution in [3.63, 3.8) is 0 Å². The van der Waals surface area contributed by atoms with E-state index in [9.17, 15) is 8.42 Å². The van der Waals surface area contributed by atoms with Gasteiger partial charge in [0, 0.05) is 17.0 Å². The van der Waals surface area contributed by atoms with Crippen molar-refractivity contribution in [1.29, 1.82) is 5.26 Å². The van der Waals surface area contributed by atoms with Crippen LogP contribution in [0.4, 0.5) is 5.69 Å². The molecule has 0 radical (unpaired) electrons. The van der Waals surface area contributed by atoms with E-state index in [0.29, 0.717) is 22.2 Å². The molecule has 0 atom stereocenters. The number of aromatic amines is 1. The van der Waals surface area contributed by atoms with Gasteiger partial charge < -0.3 is 9.72 Å². The highest BCUT2D eigenvalue weighted by atomic mass is 32.2. The lowest BCUT2D eigenvalue weighted by Crippen LogP contribution is -2.13. The summed E-state index contributed by atoms with van der Waals surface area (Å²) in [6.45, 7) is 1.86. The summed E-state index contributed by atoms with van der Waals surface area (Å²) in [5, 5.41) is 11.4. The molecule has 0 aliphatic heterocycles. The molecule has 1 aromatic carbocycles. The Morgan fingerprint density at radius 3 is 2.87 bits per heavy atom. The second-order valence-corrected chi connectivity index (χ2v) is 7.21. The Balaban J connectivity index is 2.06. The molecule has 3 aromatic rings. The van der Waals surface area contributed by atoms with Crippen LogP contribution in [-0.2, 0) is 10.0 Å². The van der Waals surface area contributed by atoms with Gasteiger partial charge in [0.15, 0.2) is 5.03 Å². The minimum absolute atomic E-state index is 0.111. The van der Waals surface area contributed by atoms with Gasteiger partial charge in [0.25, 0.3) is 15.2 Å². The predicted molar refractivity (Wildman–Crippen MR) is 87.2 cm³/mol. The summed E-state index contributed by atoms with van der Waals surface area (Å²) < 4.78 is 32.3. The number of fused-ring (bicyclic) bond motifs is 1. The second-order valence-electron chi connectivity index (χ2n) is 4.76. The van der Waals surface area contributed by atoms with Gasteiger partial charge in [0.05, 0.1) is 23.9 Å². The molecule has 3 rings (SSSR count). The summed E-state index contributed by atoms with van der Waals surface area (Å²) in [6, 6.07) is 5.50. The molecule has 0 bridgehead atoms. The monoisotopic (exact) mass is 348 g/mol. The van der Waals surface area contributed by atoms with E-state index in [1.54, 1.807) is 18.3 Å². The molecule has 0 aliphatic rings. The van der Waals surface area contributed by atoms with E-state index in [0.717, 1.165) is 16.9 Å². The third-order valence-corrected chi connectivity index (χ3v) is 5.52. The maximum absolute atomic E-state index is 12.4. The molecule has 0 amide bonds. The van der Waals surface area contributed by atoms with Gasteiger partial charge in [-0.25, -0.2) is 0 Å². The summed E-state index contributed by atoms with van der Waals surface area (Å²) in [5.74, 6) is 0. The molecule has 0 fully saturated rings.